The monoisotopic (exact) mass is 418 g/mol. The van der Waals surface area contributed by atoms with Gasteiger partial charge in [0.1, 0.15) is 5.58 Å². The molecule has 0 saturated carbocycles. The van der Waals surface area contributed by atoms with Crippen molar-refractivity contribution in [1.29, 1.82) is 0 Å². The van der Waals surface area contributed by atoms with Crippen LogP contribution in [0.2, 0.25) is 0 Å². The molecule has 1 atom stereocenters. The number of aryl methyl sites for hydroxylation is 1. The molecule has 1 aromatic heterocycles. The number of hydrogen-bond acceptors (Lipinski definition) is 4. The number of carbonyl (C=O) groups excluding carboxylic acids is 1. The van der Waals surface area contributed by atoms with Crippen LogP contribution in [0.1, 0.15) is 60.5 Å². The third-order valence-electron chi connectivity index (χ3n) is 6.32. The van der Waals surface area contributed by atoms with Gasteiger partial charge in [-0.25, -0.2) is 0 Å². The van der Waals surface area contributed by atoms with Gasteiger partial charge < -0.3 is 14.2 Å². The van der Waals surface area contributed by atoms with Crippen LogP contribution in [0.4, 0.5) is 0 Å². The maximum atomic E-state index is 13.6. The number of rotatable bonds is 8. The summed E-state index contributed by atoms with van der Waals surface area (Å²) in [5.74, 6) is 0.000378. The predicted octanol–water partition coefficient (Wildman–Crippen LogP) is 4.63. The number of fused-ring (bicyclic) bond motifs is 2. The number of nitrogens with zero attached hydrogens (tertiary/aromatic N) is 2. The first-order chi connectivity index (χ1) is 15.1. The lowest BCUT2D eigenvalue weighted by Gasteiger charge is -2.26. The Kier molecular flexibility index (Phi) is 6.23. The molecule has 0 N–H and O–H groups in total. The van der Waals surface area contributed by atoms with Gasteiger partial charge in [0.05, 0.1) is 17.0 Å². The van der Waals surface area contributed by atoms with Crippen LogP contribution in [-0.4, -0.2) is 41.9 Å². The number of hydrogen-bond donors (Lipinski definition) is 0. The van der Waals surface area contributed by atoms with Crippen molar-refractivity contribution in [1.82, 2.24) is 9.80 Å². The van der Waals surface area contributed by atoms with E-state index in [9.17, 15) is 9.59 Å². The lowest BCUT2D eigenvalue weighted by atomic mass is 9.98. The van der Waals surface area contributed by atoms with Gasteiger partial charge in [0.25, 0.3) is 5.91 Å². The highest BCUT2D eigenvalue weighted by Gasteiger charge is 2.42. The van der Waals surface area contributed by atoms with E-state index in [-0.39, 0.29) is 17.1 Å². The predicted molar refractivity (Wildman–Crippen MR) is 124 cm³/mol. The fourth-order valence-corrected chi connectivity index (χ4v) is 4.50. The molecule has 0 bridgehead atoms. The van der Waals surface area contributed by atoms with Crippen LogP contribution >= 0.6 is 0 Å². The van der Waals surface area contributed by atoms with Gasteiger partial charge >= 0.3 is 0 Å². The molecular formula is C26H30N2O3. The van der Waals surface area contributed by atoms with Crippen LogP contribution in [-0.2, 0) is 6.42 Å². The first-order valence-electron chi connectivity index (χ1n) is 11.3. The van der Waals surface area contributed by atoms with E-state index in [2.05, 4.69) is 25.7 Å². The summed E-state index contributed by atoms with van der Waals surface area (Å²) in [5.41, 5.74) is 2.87. The summed E-state index contributed by atoms with van der Waals surface area (Å²) < 4.78 is 6.05. The summed E-state index contributed by atoms with van der Waals surface area (Å²) in [4.78, 5) is 31.1. The molecule has 5 nitrogen and oxygen atoms in total. The molecular weight excluding hydrogens is 388 g/mol. The highest BCUT2D eigenvalue weighted by molar-refractivity contribution is 5.99. The molecule has 0 radical (unpaired) electrons. The van der Waals surface area contributed by atoms with Crippen LogP contribution < -0.4 is 5.43 Å². The van der Waals surface area contributed by atoms with Gasteiger partial charge in [0.15, 0.2) is 5.43 Å². The molecule has 3 aromatic rings. The zero-order chi connectivity index (χ0) is 22.0. The first-order valence-corrected chi connectivity index (χ1v) is 11.3. The second-order valence-corrected chi connectivity index (χ2v) is 8.05. The van der Waals surface area contributed by atoms with Gasteiger partial charge in [-0.15, -0.1) is 0 Å². The van der Waals surface area contributed by atoms with Crippen LogP contribution in [0.15, 0.2) is 57.7 Å². The second-order valence-electron chi connectivity index (χ2n) is 8.05. The zero-order valence-corrected chi connectivity index (χ0v) is 18.6. The Balaban J connectivity index is 1.79. The minimum absolute atomic E-state index is 0.0972. The lowest BCUT2D eigenvalue weighted by molar-refractivity contribution is 0.0720. The van der Waals surface area contributed by atoms with Gasteiger partial charge in [0, 0.05) is 6.54 Å². The fourth-order valence-electron chi connectivity index (χ4n) is 4.50. The van der Waals surface area contributed by atoms with Crippen LogP contribution in [0.25, 0.3) is 11.0 Å². The van der Waals surface area contributed by atoms with E-state index >= 15 is 0 Å². The zero-order valence-electron chi connectivity index (χ0n) is 18.6. The molecule has 0 saturated heterocycles. The minimum Gasteiger partial charge on any atom is -0.450 e. The van der Waals surface area contributed by atoms with Crippen LogP contribution in [0, 0.1) is 0 Å². The van der Waals surface area contributed by atoms with Gasteiger partial charge in [0.2, 0.25) is 5.76 Å². The van der Waals surface area contributed by atoms with E-state index in [1.807, 2.05) is 53.4 Å². The van der Waals surface area contributed by atoms with E-state index in [0.29, 0.717) is 23.1 Å². The van der Waals surface area contributed by atoms with E-state index in [0.717, 1.165) is 43.6 Å². The molecule has 1 amide bonds. The average Bonchev–Trinajstić information content (AvgIpc) is 3.09. The summed E-state index contributed by atoms with van der Waals surface area (Å²) in [6.45, 7) is 9.81. The molecule has 2 aromatic carbocycles. The Hall–Kier alpha value is -2.92. The van der Waals surface area contributed by atoms with Crippen molar-refractivity contribution in [3.63, 3.8) is 0 Å². The Morgan fingerprint density at radius 3 is 2.42 bits per heavy atom. The number of carbonyl (C=O) groups is 1. The third kappa shape index (κ3) is 3.90. The molecule has 1 aliphatic rings. The molecule has 2 heterocycles. The molecule has 4 rings (SSSR count). The van der Waals surface area contributed by atoms with Crippen molar-refractivity contribution in [3.8, 4) is 0 Å². The van der Waals surface area contributed by atoms with Gasteiger partial charge in [-0.05, 0) is 55.7 Å². The van der Waals surface area contributed by atoms with Crippen molar-refractivity contribution >= 4 is 16.9 Å². The Labute approximate surface area is 183 Å². The molecule has 0 fully saturated rings. The maximum Gasteiger partial charge on any atom is 0.290 e. The molecule has 0 spiro atoms. The van der Waals surface area contributed by atoms with Gasteiger partial charge in [-0.1, -0.05) is 57.2 Å². The molecule has 1 aliphatic heterocycles. The van der Waals surface area contributed by atoms with Crippen molar-refractivity contribution in [2.75, 3.05) is 26.2 Å². The van der Waals surface area contributed by atoms with E-state index in [1.165, 1.54) is 0 Å². The van der Waals surface area contributed by atoms with Crippen molar-refractivity contribution in [2.24, 2.45) is 0 Å². The van der Waals surface area contributed by atoms with Gasteiger partial charge in [-0.2, -0.15) is 0 Å². The first kappa shape index (κ1) is 21.3. The van der Waals surface area contributed by atoms with Crippen LogP contribution in [0.5, 0.6) is 0 Å². The summed E-state index contributed by atoms with van der Waals surface area (Å²) >= 11 is 0. The Morgan fingerprint density at radius 2 is 1.74 bits per heavy atom. The van der Waals surface area contributed by atoms with Gasteiger partial charge in [-0.3, -0.25) is 9.59 Å². The van der Waals surface area contributed by atoms with Crippen molar-refractivity contribution in [3.05, 3.63) is 81.2 Å². The third-order valence-corrected chi connectivity index (χ3v) is 6.32. The quantitative estimate of drug-likeness (QED) is 0.535. The SMILES string of the molecule is CCc1ccc2oc3c(c(=O)c2c1)C(c1ccccc1)N(CCCN(CC)CC)C3=O. The summed E-state index contributed by atoms with van der Waals surface area (Å²) in [6.07, 6.45) is 1.68. The molecule has 162 valence electrons. The summed E-state index contributed by atoms with van der Waals surface area (Å²) in [6, 6.07) is 15.1. The standard InChI is InChI=1S/C26H30N2O3/c1-4-18-13-14-21-20(17-18)24(29)22-23(19-11-8-7-9-12-19)28(26(30)25(22)31-21)16-10-15-27(5-2)6-3/h7-9,11-14,17,23H,4-6,10,15-16H2,1-3H3. The second kappa shape index (κ2) is 9.06. The van der Waals surface area contributed by atoms with Crippen molar-refractivity contribution in [2.45, 2.75) is 39.7 Å². The fraction of sp³-hybridized carbons (Fsp3) is 0.385. The number of amides is 1. The smallest absolute Gasteiger partial charge is 0.290 e. The molecule has 31 heavy (non-hydrogen) atoms. The molecule has 0 aliphatic carbocycles. The summed E-state index contributed by atoms with van der Waals surface area (Å²) in [7, 11) is 0. The lowest BCUT2D eigenvalue weighted by Crippen LogP contribution is -2.33. The largest absolute Gasteiger partial charge is 0.450 e. The minimum atomic E-state index is -0.411. The topological polar surface area (TPSA) is 53.8 Å². The molecule has 5 heteroatoms. The average molecular weight is 419 g/mol. The van der Waals surface area contributed by atoms with E-state index in [1.54, 1.807) is 0 Å². The highest BCUT2D eigenvalue weighted by Crippen LogP contribution is 2.38. The van der Waals surface area contributed by atoms with Crippen LogP contribution in [0.3, 0.4) is 0 Å². The molecule has 1 unspecified atom stereocenters. The highest BCUT2D eigenvalue weighted by atomic mass is 16.3. The number of benzene rings is 2. The Morgan fingerprint density at radius 1 is 1.00 bits per heavy atom. The van der Waals surface area contributed by atoms with Crippen molar-refractivity contribution < 1.29 is 9.21 Å². The van der Waals surface area contributed by atoms with E-state index in [4.69, 9.17) is 4.42 Å². The Bertz CT molecular complexity index is 1130. The maximum absolute atomic E-state index is 13.6. The summed E-state index contributed by atoms with van der Waals surface area (Å²) in [5, 5.41) is 0.553. The normalized spacial score (nSPS) is 15.8. The van der Waals surface area contributed by atoms with E-state index < -0.39 is 6.04 Å².